The van der Waals surface area contributed by atoms with E-state index in [9.17, 15) is 13.8 Å². The van der Waals surface area contributed by atoms with Gasteiger partial charge in [0.15, 0.2) is 6.39 Å². The van der Waals surface area contributed by atoms with Crippen LogP contribution in [0.3, 0.4) is 0 Å². The maximum atomic E-state index is 12.7. The summed E-state index contributed by atoms with van der Waals surface area (Å²) < 4.78 is 17.1. The fourth-order valence-corrected chi connectivity index (χ4v) is 4.49. The van der Waals surface area contributed by atoms with Crippen LogP contribution in [0, 0.1) is 5.92 Å². The van der Waals surface area contributed by atoms with Crippen molar-refractivity contribution in [1.82, 2.24) is 20.6 Å². The third-order valence-electron chi connectivity index (χ3n) is 5.81. The van der Waals surface area contributed by atoms with E-state index in [1.54, 1.807) is 42.9 Å². The molecule has 1 aliphatic heterocycles. The zero-order valence-electron chi connectivity index (χ0n) is 18.9. The van der Waals surface area contributed by atoms with Crippen molar-refractivity contribution >= 4 is 28.3 Å². The van der Waals surface area contributed by atoms with Gasteiger partial charge in [-0.25, -0.2) is 4.98 Å². The highest BCUT2D eigenvalue weighted by Gasteiger charge is 2.28. The number of carbonyl (C=O) groups is 2. The van der Waals surface area contributed by atoms with Gasteiger partial charge in [-0.05, 0) is 36.8 Å². The molecule has 1 fully saturated rings. The second-order valence-electron chi connectivity index (χ2n) is 8.06. The molecular weight excluding hydrogens is 454 g/mol. The second-order valence-corrected chi connectivity index (χ2v) is 9.44. The Bertz CT molecular complexity index is 1170. The summed E-state index contributed by atoms with van der Waals surface area (Å²) in [4.78, 5) is 36.1. The van der Waals surface area contributed by atoms with Gasteiger partial charge in [-0.3, -0.25) is 18.8 Å². The third-order valence-corrected chi connectivity index (χ3v) is 6.73. The molecule has 4 rings (SSSR count). The lowest BCUT2D eigenvalue weighted by Gasteiger charge is -2.18. The third kappa shape index (κ3) is 5.88. The van der Waals surface area contributed by atoms with E-state index < -0.39 is 10.8 Å². The number of nitrogens with one attached hydrogen (secondary N) is 2. The number of carbonyl (C=O) groups excluding carboxylic acids is 2. The lowest BCUT2D eigenvalue weighted by atomic mass is 10.1. The van der Waals surface area contributed by atoms with Gasteiger partial charge >= 0.3 is 0 Å². The summed E-state index contributed by atoms with van der Waals surface area (Å²) >= 11 is 0. The van der Waals surface area contributed by atoms with E-state index in [1.165, 1.54) is 6.39 Å². The van der Waals surface area contributed by atoms with Gasteiger partial charge in [0.1, 0.15) is 11.5 Å². The van der Waals surface area contributed by atoms with Crippen LogP contribution < -0.4 is 15.5 Å². The molecule has 178 valence electrons. The molecule has 3 aromatic rings. The predicted octanol–water partition coefficient (Wildman–Crippen LogP) is 1.92. The first-order valence-electron chi connectivity index (χ1n) is 11.1. The van der Waals surface area contributed by atoms with Crippen molar-refractivity contribution in [3.63, 3.8) is 0 Å². The van der Waals surface area contributed by atoms with Crippen molar-refractivity contribution in [2.75, 3.05) is 30.8 Å². The Kier molecular flexibility index (Phi) is 7.69. The van der Waals surface area contributed by atoms with E-state index in [4.69, 9.17) is 4.42 Å². The van der Waals surface area contributed by atoms with E-state index in [1.807, 2.05) is 12.1 Å². The Balaban J connectivity index is 1.24. The molecule has 1 aliphatic rings. The summed E-state index contributed by atoms with van der Waals surface area (Å²) in [5.41, 5.74) is 2.17. The van der Waals surface area contributed by atoms with Crippen LogP contribution in [0.5, 0.6) is 0 Å². The number of hydrogen-bond acceptors (Lipinski definition) is 7. The van der Waals surface area contributed by atoms with Crippen LogP contribution in [-0.2, 0) is 28.6 Å². The Morgan fingerprint density at radius 1 is 1.21 bits per heavy atom. The molecular formula is C24H27N5O4S. The van der Waals surface area contributed by atoms with Crippen LogP contribution in [0.1, 0.15) is 28.2 Å². The fourth-order valence-electron chi connectivity index (χ4n) is 3.93. The van der Waals surface area contributed by atoms with E-state index >= 15 is 0 Å². The van der Waals surface area contributed by atoms with Crippen molar-refractivity contribution in [3.8, 4) is 0 Å². The van der Waals surface area contributed by atoms with Crippen LogP contribution in [0.2, 0.25) is 0 Å². The van der Waals surface area contributed by atoms with E-state index in [2.05, 4.69) is 25.5 Å². The van der Waals surface area contributed by atoms with E-state index in [0.29, 0.717) is 41.4 Å². The molecule has 0 spiro atoms. The molecule has 0 saturated carbocycles. The van der Waals surface area contributed by atoms with Gasteiger partial charge in [0.2, 0.25) is 5.91 Å². The van der Waals surface area contributed by atoms with Crippen molar-refractivity contribution in [3.05, 3.63) is 72.2 Å². The van der Waals surface area contributed by atoms with Gasteiger partial charge in [-0.15, -0.1) is 0 Å². The monoisotopic (exact) mass is 481 g/mol. The molecule has 34 heavy (non-hydrogen) atoms. The summed E-state index contributed by atoms with van der Waals surface area (Å²) in [6.45, 7) is 2.11. The van der Waals surface area contributed by atoms with E-state index in [0.717, 1.165) is 18.7 Å². The van der Waals surface area contributed by atoms with Crippen LogP contribution >= 0.6 is 0 Å². The molecule has 2 N–H and O–H groups in total. The molecule has 9 nitrogen and oxygen atoms in total. The number of hydrogen-bond donors (Lipinski definition) is 2. The van der Waals surface area contributed by atoms with Crippen molar-refractivity contribution in [1.29, 1.82) is 0 Å². The minimum atomic E-state index is -1.15. The molecule has 10 heteroatoms. The highest BCUT2D eigenvalue weighted by atomic mass is 32.2. The molecule has 2 amide bonds. The molecule has 0 aliphatic carbocycles. The van der Waals surface area contributed by atoms with Crippen molar-refractivity contribution < 1.29 is 18.2 Å². The number of aromatic nitrogens is 2. The summed E-state index contributed by atoms with van der Waals surface area (Å²) in [6.07, 6.45) is 7.65. The SMILES string of the molecule is CS(=O)c1cccc(C(=O)NCCc2ocnc2CNC(=O)C2CCN(c3ccncc3)C2)c1. The molecule has 2 atom stereocenters. The number of oxazole rings is 1. The van der Waals surface area contributed by atoms with Gasteiger partial charge < -0.3 is 20.0 Å². The number of amides is 2. The highest BCUT2D eigenvalue weighted by Crippen LogP contribution is 2.23. The predicted molar refractivity (Wildman–Crippen MR) is 128 cm³/mol. The van der Waals surface area contributed by atoms with Crippen LogP contribution in [0.15, 0.2) is 64.5 Å². The topological polar surface area (TPSA) is 117 Å². The molecule has 2 unspecified atom stereocenters. The summed E-state index contributed by atoms with van der Waals surface area (Å²) in [5, 5.41) is 5.80. The molecule has 1 saturated heterocycles. The zero-order valence-corrected chi connectivity index (χ0v) is 19.7. The van der Waals surface area contributed by atoms with Crippen LogP contribution in [0.4, 0.5) is 5.69 Å². The summed E-state index contributed by atoms with van der Waals surface area (Å²) in [5.74, 6) is 0.276. The van der Waals surface area contributed by atoms with Gasteiger partial charge in [0.05, 0.1) is 12.5 Å². The number of benzene rings is 1. The second kappa shape index (κ2) is 11.1. The average molecular weight is 482 g/mol. The summed E-state index contributed by atoms with van der Waals surface area (Å²) in [7, 11) is -1.15. The molecule has 0 bridgehead atoms. The first-order valence-corrected chi connectivity index (χ1v) is 12.6. The van der Waals surface area contributed by atoms with Crippen LogP contribution in [0.25, 0.3) is 0 Å². The molecule has 0 radical (unpaired) electrons. The quantitative estimate of drug-likeness (QED) is 0.479. The van der Waals surface area contributed by atoms with Crippen LogP contribution in [-0.4, -0.2) is 51.9 Å². The fraction of sp³-hybridized carbons (Fsp3) is 0.333. The maximum absolute atomic E-state index is 12.7. The normalized spacial score (nSPS) is 16.3. The van der Waals surface area contributed by atoms with Gasteiger partial charge in [-0.2, -0.15) is 0 Å². The largest absolute Gasteiger partial charge is 0.448 e. The minimum Gasteiger partial charge on any atom is -0.448 e. The minimum absolute atomic E-state index is 0.00741. The first kappa shape index (κ1) is 23.6. The standard InChI is InChI=1S/C24H27N5O4S/c1-34(32)20-4-2-3-17(13-20)23(30)26-11-7-22-21(28-16-33-22)14-27-24(31)18-8-12-29(15-18)19-5-9-25-10-6-19/h2-6,9-10,13,16,18H,7-8,11-12,14-15H2,1H3,(H,26,30)(H,27,31). The van der Waals surface area contributed by atoms with Crippen molar-refractivity contribution in [2.24, 2.45) is 5.92 Å². The van der Waals surface area contributed by atoms with Gasteiger partial charge in [0, 0.05) is 71.7 Å². The smallest absolute Gasteiger partial charge is 0.251 e. The molecule has 1 aromatic carbocycles. The number of rotatable bonds is 9. The Labute approximate surface area is 200 Å². The Morgan fingerprint density at radius 3 is 2.82 bits per heavy atom. The average Bonchev–Trinajstić information content (AvgIpc) is 3.53. The Morgan fingerprint density at radius 2 is 2.03 bits per heavy atom. The number of nitrogens with zero attached hydrogens (tertiary/aromatic N) is 3. The number of pyridine rings is 1. The van der Waals surface area contributed by atoms with E-state index in [-0.39, 0.29) is 24.3 Å². The highest BCUT2D eigenvalue weighted by molar-refractivity contribution is 7.84. The lowest BCUT2D eigenvalue weighted by Crippen LogP contribution is -2.33. The molecule has 3 heterocycles. The number of anilines is 1. The lowest BCUT2D eigenvalue weighted by molar-refractivity contribution is -0.124. The van der Waals surface area contributed by atoms with Gasteiger partial charge in [-0.1, -0.05) is 6.07 Å². The Hall–Kier alpha value is -3.53. The molecule has 2 aromatic heterocycles. The summed E-state index contributed by atoms with van der Waals surface area (Å²) in [6, 6.07) is 10.6. The first-order chi connectivity index (χ1) is 16.5. The van der Waals surface area contributed by atoms with Gasteiger partial charge in [0.25, 0.3) is 5.91 Å². The zero-order chi connectivity index (χ0) is 23.9. The van der Waals surface area contributed by atoms with Crippen molar-refractivity contribution in [2.45, 2.75) is 24.3 Å². The maximum Gasteiger partial charge on any atom is 0.251 e.